The zero-order chi connectivity index (χ0) is 20.9. The average molecular weight is 400 g/mol. The van der Waals surface area contributed by atoms with Gasteiger partial charge < -0.3 is 10.2 Å². The summed E-state index contributed by atoms with van der Waals surface area (Å²) in [7, 11) is 1.67. The molecule has 150 valence electrons. The van der Waals surface area contributed by atoms with Crippen LogP contribution in [-0.4, -0.2) is 27.8 Å². The molecule has 0 spiro atoms. The third kappa shape index (κ3) is 4.22. The highest BCUT2D eigenvalue weighted by molar-refractivity contribution is 5.89. The number of carbonyl (C=O) groups is 1. The van der Waals surface area contributed by atoms with Crippen LogP contribution < -0.4 is 5.32 Å². The van der Waals surface area contributed by atoms with E-state index < -0.39 is 11.8 Å². The Bertz CT molecular complexity index is 1140. The van der Waals surface area contributed by atoms with Crippen molar-refractivity contribution in [3.63, 3.8) is 0 Å². The first-order chi connectivity index (χ1) is 14.6. The van der Waals surface area contributed by atoms with Gasteiger partial charge in [-0.1, -0.05) is 60.7 Å². The number of urea groups is 1. The van der Waals surface area contributed by atoms with E-state index in [1.54, 1.807) is 23.9 Å². The molecule has 0 saturated heterocycles. The largest absolute Gasteiger partial charge is 0.323 e. The summed E-state index contributed by atoms with van der Waals surface area (Å²) in [6.07, 6.45) is 1.92. The molecular formula is C24H21FN4O. The fraction of sp³-hybridized carbons (Fsp3) is 0.0833. The number of aromatic nitrogens is 2. The molecule has 0 saturated carbocycles. The number of benzene rings is 3. The number of para-hydroxylation sites is 2. The lowest BCUT2D eigenvalue weighted by Gasteiger charge is -2.18. The van der Waals surface area contributed by atoms with Crippen LogP contribution in [0, 0.1) is 5.82 Å². The normalized spacial score (nSPS) is 10.6. The summed E-state index contributed by atoms with van der Waals surface area (Å²) in [5.74, 6) is -0.471. The number of hydrogen-bond donors (Lipinski definition) is 1. The first-order valence-corrected chi connectivity index (χ1v) is 9.58. The van der Waals surface area contributed by atoms with Crippen LogP contribution in [0.15, 0.2) is 91.1 Å². The Hall–Kier alpha value is -3.93. The van der Waals surface area contributed by atoms with Crippen LogP contribution in [0.25, 0.3) is 16.9 Å². The van der Waals surface area contributed by atoms with Crippen molar-refractivity contribution >= 4 is 11.7 Å². The second-order valence-corrected chi connectivity index (χ2v) is 6.92. The summed E-state index contributed by atoms with van der Waals surface area (Å²) in [4.78, 5) is 14.1. The minimum atomic E-state index is -0.471. The van der Waals surface area contributed by atoms with E-state index >= 15 is 0 Å². The Morgan fingerprint density at radius 3 is 2.30 bits per heavy atom. The molecule has 1 heterocycles. The molecule has 0 radical (unpaired) electrons. The van der Waals surface area contributed by atoms with Crippen molar-refractivity contribution in [3.05, 3.63) is 103 Å². The van der Waals surface area contributed by atoms with Crippen molar-refractivity contribution in [1.29, 1.82) is 0 Å². The molecule has 4 aromatic rings. The Labute approximate surface area is 174 Å². The number of nitrogens with one attached hydrogen (secondary N) is 1. The van der Waals surface area contributed by atoms with Gasteiger partial charge in [0.05, 0.1) is 23.6 Å². The monoisotopic (exact) mass is 400 g/mol. The maximum Gasteiger partial charge on any atom is 0.321 e. The van der Waals surface area contributed by atoms with Gasteiger partial charge in [0.15, 0.2) is 0 Å². The van der Waals surface area contributed by atoms with Crippen LogP contribution in [0.3, 0.4) is 0 Å². The van der Waals surface area contributed by atoms with E-state index in [9.17, 15) is 9.18 Å². The molecule has 3 aromatic carbocycles. The summed E-state index contributed by atoms with van der Waals surface area (Å²) in [6.45, 7) is 0.317. The topological polar surface area (TPSA) is 50.2 Å². The average Bonchev–Trinajstić information content (AvgIpc) is 3.20. The molecule has 0 aliphatic carbocycles. The highest BCUT2D eigenvalue weighted by Crippen LogP contribution is 2.25. The number of rotatable bonds is 5. The second kappa shape index (κ2) is 8.61. The predicted octanol–water partition coefficient (Wildman–Crippen LogP) is 5.34. The zero-order valence-electron chi connectivity index (χ0n) is 16.5. The van der Waals surface area contributed by atoms with Gasteiger partial charge in [-0.15, -0.1) is 0 Å². The first-order valence-electron chi connectivity index (χ1n) is 9.58. The first kappa shape index (κ1) is 19.4. The fourth-order valence-electron chi connectivity index (χ4n) is 3.18. The van der Waals surface area contributed by atoms with Gasteiger partial charge in [0, 0.05) is 24.4 Å². The second-order valence-electron chi connectivity index (χ2n) is 6.92. The number of carbonyl (C=O) groups excluding carboxylic acids is 1. The molecule has 30 heavy (non-hydrogen) atoms. The smallest absolute Gasteiger partial charge is 0.321 e. The van der Waals surface area contributed by atoms with Gasteiger partial charge in [-0.05, 0) is 24.3 Å². The Morgan fingerprint density at radius 1 is 0.967 bits per heavy atom. The number of hydrogen-bond acceptors (Lipinski definition) is 2. The molecule has 5 nitrogen and oxygen atoms in total. The predicted molar refractivity (Wildman–Crippen MR) is 116 cm³/mol. The molecule has 0 fully saturated rings. The minimum absolute atomic E-state index is 0.151. The van der Waals surface area contributed by atoms with E-state index in [4.69, 9.17) is 5.10 Å². The fourth-order valence-corrected chi connectivity index (χ4v) is 3.18. The van der Waals surface area contributed by atoms with Crippen molar-refractivity contribution in [2.75, 3.05) is 12.4 Å². The summed E-state index contributed by atoms with van der Waals surface area (Å²) < 4.78 is 15.7. The van der Waals surface area contributed by atoms with E-state index in [-0.39, 0.29) is 5.69 Å². The minimum Gasteiger partial charge on any atom is -0.323 e. The molecule has 1 aromatic heterocycles. The van der Waals surface area contributed by atoms with Crippen molar-refractivity contribution in [1.82, 2.24) is 14.7 Å². The van der Waals surface area contributed by atoms with Crippen LogP contribution in [0.1, 0.15) is 5.56 Å². The summed E-state index contributed by atoms with van der Waals surface area (Å²) in [5.41, 5.74) is 3.73. The van der Waals surface area contributed by atoms with Crippen LogP contribution in [-0.2, 0) is 6.54 Å². The standard InChI is InChI=1S/C24H21FN4O/c1-28(24(30)26-22-15-9-8-14-21(22)25)16-19-17-29(20-12-6-3-7-13-20)27-23(19)18-10-4-2-5-11-18/h2-15,17H,16H2,1H3,(H,26,30). The van der Waals surface area contributed by atoms with Gasteiger partial charge in [-0.3, -0.25) is 0 Å². The maximum absolute atomic E-state index is 13.9. The highest BCUT2D eigenvalue weighted by Gasteiger charge is 2.17. The molecular weight excluding hydrogens is 379 g/mol. The summed E-state index contributed by atoms with van der Waals surface area (Å²) >= 11 is 0. The van der Waals surface area contributed by atoms with Crippen LogP contribution in [0.5, 0.6) is 0 Å². The lowest BCUT2D eigenvalue weighted by atomic mass is 10.1. The Balaban J connectivity index is 1.61. The number of amides is 2. The number of anilines is 1. The van der Waals surface area contributed by atoms with E-state index in [0.717, 1.165) is 22.5 Å². The van der Waals surface area contributed by atoms with Gasteiger partial charge in [0.2, 0.25) is 0 Å². The molecule has 0 aliphatic rings. The Kier molecular flexibility index (Phi) is 5.57. The van der Waals surface area contributed by atoms with Gasteiger partial charge in [-0.2, -0.15) is 5.10 Å². The summed E-state index contributed by atoms with van der Waals surface area (Å²) in [6, 6.07) is 25.3. The molecule has 0 atom stereocenters. The van der Waals surface area contributed by atoms with Gasteiger partial charge in [0.1, 0.15) is 5.82 Å². The number of halogens is 1. The zero-order valence-corrected chi connectivity index (χ0v) is 16.5. The lowest BCUT2D eigenvalue weighted by Crippen LogP contribution is -2.31. The van der Waals surface area contributed by atoms with Crippen LogP contribution in [0.4, 0.5) is 14.9 Å². The van der Waals surface area contributed by atoms with Gasteiger partial charge >= 0.3 is 6.03 Å². The third-order valence-corrected chi connectivity index (χ3v) is 4.73. The van der Waals surface area contributed by atoms with E-state index in [2.05, 4.69) is 5.32 Å². The molecule has 0 bridgehead atoms. The quantitative estimate of drug-likeness (QED) is 0.491. The summed E-state index contributed by atoms with van der Waals surface area (Å²) in [5, 5.41) is 7.37. The molecule has 2 amide bonds. The molecule has 0 aliphatic heterocycles. The van der Waals surface area contributed by atoms with Crippen molar-refractivity contribution < 1.29 is 9.18 Å². The van der Waals surface area contributed by atoms with Crippen LogP contribution in [0.2, 0.25) is 0 Å². The van der Waals surface area contributed by atoms with Crippen molar-refractivity contribution in [2.24, 2.45) is 0 Å². The van der Waals surface area contributed by atoms with E-state index in [1.807, 2.05) is 66.9 Å². The van der Waals surface area contributed by atoms with Crippen molar-refractivity contribution in [2.45, 2.75) is 6.54 Å². The SMILES string of the molecule is CN(Cc1cn(-c2ccccc2)nc1-c1ccccc1)C(=O)Nc1ccccc1F. The van der Waals surface area contributed by atoms with E-state index in [0.29, 0.717) is 6.54 Å². The Morgan fingerprint density at radius 2 is 1.60 bits per heavy atom. The molecule has 4 rings (SSSR count). The highest BCUT2D eigenvalue weighted by atomic mass is 19.1. The lowest BCUT2D eigenvalue weighted by molar-refractivity contribution is 0.220. The van der Waals surface area contributed by atoms with Gasteiger partial charge in [-0.25, -0.2) is 13.9 Å². The maximum atomic E-state index is 13.9. The number of nitrogens with zero attached hydrogens (tertiary/aromatic N) is 3. The molecule has 6 heteroatoms. The molecule has 1 N–H and O–H groups in total. The van der Waals surface area contributed by atoms with Gasteiger partial charge in [0.25, 0.3) is 0 Å². The molecule has 0 unspecified atom stereocenters. The van der Waals surface area contributed by atoms with Crippen LogP contribution >= 0.6 is 0 Å². The third-order valence-electron chi connectivity index (χ3n) is 4.73. The van der Waals surface area contributed by atoms with Crippen molar-refractivity contribution in [3.8, 4) is 16.9 Å². The van der Waals surface area contributed by atoms with E-state index in [1.165, 1.54) is 17.0 Å².